The van der Waals surface area contributed by atoms with Crippen molar-refractivity contribution in [2.75, 3.05) is 6.61 Å². The van der Waals surface area contributed by atoms with Crippen LogP contribution >= 0.6 is 0 Å². The first kappa shape index (κ1) is 10.3. The Morgan fingerprint density at radius 3 is 2.94 bits per heavy atom. The molecular weight excluding hydrogens is 214 g/mol. The number of hydrogen-bond acceptors (Lipinski definition) is 3. The van der Waals surface area contributed by atoms with Crippen molar-refractivity contribution in [2.24, 2.45) is 0 Å². The molecule has 2 aromatic rings. The molecule has 1 aliphatic carbocycles. The number of hydrogen-bond donors (Lipinski definition) is 0. The Morgan fingerprint density at radius 2 is 2.29 bits per heavy atom. The van der Waals surface area contributed by atoms with Crippen molar-refractivity contribution in [1.82, 2.24) is 14.5 Å². The summed E-state index contributed by atoms with van der Waals surface area (Å²) in [6.45, 7) is 2.62. The van der Waals surface area contributed by atoms with Crippen molar-refractivity contribution in [3.8, 4) is 11.6 Å². The van der Waals surface area contributed by atoms with E-state index in [4.69, 9.17) is 4.74 Å². The summed E-state index contributed by atoms with van der Waals surface area (Å²) >= 11 is 0. The molecule has 0 spiro atoms. The quantitative estimate of drug-likeness (QED) is 0.808. The average molecular weight is 229 g/mol. The highest BCUT2D eigenvalue weighted by Gasteiger charge is 2.26. The van der Waals surface area contributed by atoms with Gasteiger partial charge in [-0.3, -0.25) is 0 Å². The van der Waals surface area contributed by atoms with Gasteiger partial charge in [0.05, 0.1) is 18.6 Å². The molecule has 0 aliphatic heterocycles. The van der Waals surface area contributed by atoms with Gasteiger partial charge in [0.15, 0.2) is 0 Å². The van der Waals surface area contributed by atoms with Gasteiger partial charge in [-0.15, -0.1) is 0 Å². The summed E-state index contributed by atoms with van der Waals surface area (Å²) in [5, 5.41) is 0. The van der Waals surface area contributed by atoms with E-state index in [9.17, 15) is 0 Å². The van der Waals surface area contributed by atoms with Crippen LogP contribution in [0.5, 0.6) is 5.88 Å². The van der Waals surface area contributed by atoms with E-state index in [1.807, 2.05) is 23.8 Å². The Morgan fingerprint density at radius 1 is 1.41 bits per heavy atom. The van der Waals surface area contributed by atoms with Gasteiger partial charge in [-0.25, -0.2) is 9.97 Å². The summed E-state index contributed by atoms with van der Waals surface area (Å²) in [6.07, 6.45) is 7.99. The van der Waals surface area contributed by atoms with E-state index in [1.54, 1.807) is 12.5 Å². The lowest BCUT2D eigenvalue weighted by molar-refractivity contribution is 0.325. The zero-order chi connectivity index (χ0) is 11.7. The summed E-state index contributed by atoms with van der Waals surface area (Å²) in [6, 6.07) is 4.08. The summed E-state index contributed by atoms with van der Waals surface area (Å²) < 4.78 is 7.50. The molecule has 0 amide bonds. The van der Waals surface area contributed by atoms with Gasteiger partial charge in [0.25, 0.3) is 0 Å². The SMILES string of the molecule is CCOc1cc(-n2ccnc2)cc(C2CC2)n1. The Kier molecular flexibility index (Phi) is 2.55. The maximum atomic E-state index is 5.52. The monoisotopic (exact) mass is 229 g/mol. The molecule has 0 unspecified atom stereocenters. The highest BCUT2D eigenvalue weighted by Crippen LogP contribution is 2.40. The van der Waals surface area contributed by atoms with Crippen LogP contribution in [0.2, 0.25) is 0 Å². The van der Waals surface area contributed by atoms with E-state index >= 15 is 0 Å². The Bertz CT molecular complexity index is 503. The number of rotatable bonds is 4. The van der Waals surface area contributed by atoms with Crippen LogP contribution in [-0.4, -0.2) is 21.1 Å². The molecule has 3 rings (SSSR count). The summed E-state index contributed by atoms with van der Waals surface area (Å²) in [5.74, 6) is 1.33. The lowest BCUT2D eigenvalue weighted by Gasteiger charge is -2.09. The second kappa shape index (κ2) is 4.20. The molecule has 1 saturated carbocycles. The summed E-state index contributed by atoms with van der Waals surface area (Å²) in [4.78, 5) is 8.61. The van der Waals surface area contributed by atoms with Gasteiger partial charge in [0.1, 0.15) is 0 Å². The molecule has 2 aromatic heterocycles. The Labute approximate surface area is 100 Å². The van der Waals surface area contributed by atoms with E-state index < -0.39 is 0 Å². The fourth-order valence-corrected chi connectivity index (χ4v) is 1.88. The van der Waals surface area contributed by atoms with Gasteiger partial charge in [-0.1, -0.05) is 0 Å². The molecular formula is C13H15N3O. The number of imidazole rings is 1. The summed E-state index contributed by atoms with van der Waals surface area (Å²) in [5.41, 5.74) is 2.21. The van der Waals surface area contributed by atoms with E-state index in [2.05, 4.69) is 16.0 Å². The first-order chi connectivity index (χ1) is 8.36. The minimum Gasteiger partial charge on any atom is -0.478 e. The van der Waals surface area contributed by atoms with Crippen LogP contribution < -0.4 is 4.74 Å². The van der Waals surface area contributed by atoms with Crippen molar-refractivity contribution in [3.05, 3.63) is 36.5 Å². The van der Waals surface area contributed by atoms with Gasteiger partial charge in [0, 0.05) is 30.1 Å². The van der Waals surface area contributed by atoms with Crippen LogP contribution in [0.3, 0.4) is 0 Å². The van der Waals surface area contributed by atoms with Gasteiger partial charge >= 0.3 is 0 Å². The fourth-order valence-electron chi connectivity index (χ4n) is 1.88. The Balaban J connectivity index is 2.01. The Hall–Kier alpha value is -1.84. The van der Waals surface area contributed by atoms with Gasteiger partial charge in [-0.2, -0.15) is 0 Å². The summed E-state index contributed by atoms with van der Waals surface area (Å²) in [7, 11) is 0. The standard InChI is InChI=1S/C13H15N3O/c1-2-17-13-8-11(16-6-5-14-9-16)7-12(15-13)10-3-4-10/h5-10H,2-4H2,1H3. The molecule has 0 aromatic carbocycles. The van der Waals surface area contributed by atoms with E-state index in [0.717, 1.165) is 11.4 Å². The maximum absolute atomic E-state index is 5.52. The molecule has 4 nitrogen and oxygen atoms in total. The largest absolute Gasteiger partial charge is 0.478 e. The van der Waals surface area contributed by atoms with Crippen LogP contribution in [0.1, 0.15) is 31.4 Å². The molecule has 1 aliphatic rings. The van der Waals surface area contributed by atoms with Crippen LogP contribution in [0.4, 0.5) is 0 Å². The average Bonchev–Trinajstić information content (AvgIpc) is 3.05. The first-order valence-corrected chi connectivity index (χ1v) is 6.00. The molecule has 0 saturated heterocycles. The smallest absolute Gasteiger partial charge is 0.215 e. The predicted octanol–water partition coefficient (Wildman–Crippen LogP) is 2.54. The van der Waals surface area contributed by atoms with Crippen molar-refractivity contribution in [1.29, 1.82) is 0 Å². The highest BCUT2D eigenvalue weighted by molar-refractivity contribution is 5.39. The molecule has 0 radical (unpaired) electrons. The van der Waals surface area contributed by atoms with E-state index in [0.29, 0.717) is 18.4 Å². The molecule has 1 fully saturated rings. The third-order valence-corrected chi connectivity index (χ3v) is 2.90. The van der Waals surface area contributed by atoms with Crippen LogP contribution in [0, 0.1) is 0 Å². The van der Waals surface area contributed by atoms with E-state index in [1.165, 1.54) is 12.8 Å². The van der Waals surface area contributed by atoms with Crippen molar-refractivity contribution < 1.29 is 4.74 Å². The molecule has 88 valence electrons. The van der Waals surface area contributed by atoms with Crippen LogP contribution in [0.15, 0.2) is 30.9 Å². The minimum atomic E-state index is 0.623. The maximum Gasteiger partial charge on any atom is 0.215 e. The number of pyridine rings is 1. The van der Waals surface area contributed by atoms with Crippen LogP contribution in [-0.2, 0) is 0 Å². The number of ether oxygens (including phenoxy) is 1. The zero-order valence-electron chi connectivity index (χ0n) is 9.84. The fraction of sp³-hybridized carbons (Fsp3) is 0.385. The molecule has 17 heavy (non-hydrogen) atoms. The van der Waals surface area contributed by atoms with Crippen molar-refractivity contribution in [3.63, 3.8) is 0 Å². The van der Waals surface area contributed by atoms with Crippen molar-refractivity contribution in [2.45, 2.75) is 25.7 Å². The van der Waals surface area contributed by atoms with Crippen LogP contribution in [0.25, 0.3) is 5.69 Å². The molecule has 0 bridgehead atoms. The number of nitrogens with zero attached hydrogens (tertiary/aromatic N) is 3. The third-order valence-electron chi connectivity index (χ3n) is 2.90. The molecule has 0 atom stereocenters. The predicted molar refractivity (Wildman–Crippen MR) is 64.5 cm³/mol. The molecule has 2 heterocycles. The normalized spacial score (nSPS) is 14.9. The minimum absolute atomic E-state index is 0.623. The van der Waals surface area contributed by atoms with Crippen molar-refractivity contribution >= 4 is 0 Å². The zero-order valence-corrected chi connectivity index (χ0v) is 9.84. The topological polar surface area (TPSA) is 39.9 Å². The van der Waals surface area contributed by atoms with Gasteiger partial charge in [-0.05, 0) is 25.8 Å². The first-order valence-electron chi connectivity index (χ1n) is 6.00. The van der Waals surface area contributed by atoms with E-state index in [-0.39, 0.29) is 0 Å². The molecule has 0 N–H and O–H groups in total. The second-order valence-electron chi connectivity index (χ2n) is 4.27. The number of aromatic nitrogens is 3. The molecule has 4 heteroatoms. The van der Waals surface area contributed by atoms with Gasteiger partial charge < -0.3 is 9.30 Å². The highest BCUT2D eigenvalue weighted by atomic mass is 16.5. The van der Waals surface area contributed by atoms with Gasteiger partial charge in [0.2, 0.25) is 5.88 Å². The third kappa shape index (κ3) is 2.16. The lowest BCUT2D eigenvalue weighted by atomic mass is 10.2. The second-order valence-corrected chi connectivity index (χ2v) is 4.27. The lowest BCUT2D eigenvalue weighted by Crippen LogP contribution is -2.00.